The zero-order valence-corrected chi connectivity index (χ0v) is 56.1. The first kappa shape index (κ1) is 90.8. The van der Waals surface area contributed by atoms with E-state index in [1.165, 1.54) is 0 Å². The van der Waals surface area contributed by atoms with Crippen LogP contribution in [-0.2, 0) is 95.3 Å². The third-order valence-corrected chi connectivity index (χ3v) is 14.3. The lowest BCUT2D eigenvalue weighted by Crippen LogP contribution is -2.43. The highest BCUT2D eigenvalue weighted by Crippen LogP contribution is 2.22. The Hall–Kier alpha value is -3.36. The van der Waals surface area contributed by atoms with E-state index in [1.54, 1.807) is 47.0 Å². The fourth-order valence-electron chi connectivity index (χ4n) is 3.94. The van der Waals surface area contributed by atoms with Crippen LogP contribution in [0.4, 0.5) is 0 Å². The van der Waals surface area contributed by atoms with Crippen LogP contribution in [0.5, 0.6) is 0 Å². The zero-order chi connectivity index (χ0) is 64.2. The number of carbonyl (C=O) groups excluding carboxylic acids is 10. The van der Waals surface area contributed by atoms with Crippen LogP contribution >= 0.6 is 123 Å². The van der Waals surface area contributed by atoms with Gasteiger partial charge in [-0.05, 0) is 47.2 Å². The lowest BCUT2D eigenvalue weighted by Gasteiger charge is -2.31. The number of esters is 10. The Morgan fingerprint density at radius 2 is 0.578 bits per heavy atom. The zero-order valence-electron chi connectivity index (χ0n) is 47.5. The molecule has 0 radical (unpaired) electrons. The van der Waals surface area contributed by atoms with Gasteiger partial charge >= 0.3 is 59.7 Å². The molecule has 0 bridgehead atoms. The minimum atomic E-state index is -1.34. The Kier molecular flexibility index (Phi) is 79.8. The molecule has 0 unspecified atom stereocenters. The van der Waals surface area contributed by atoms with Crippen LogP contribution in [0.15, 0.2) is 75.9 Å². The quantitative estimate of drug-likeness (QED) is 0.0113. The van der Waals surface area contributed by atoms with Gasteiger partial charge < -0.3 is 47.4 Å². The predicted octanol–water partition coefficient (Wildman–Crippen LogP) is 7.56. The number of rotatable bonds is 43. The van der Waals surface area contributed by atoms with E-state index in [2.05, 4.69) is 131 Å². The molecule has 0 aliphatic carbocycles. The van der Waals surface area contributed by atoms with Crippen LogP contribution in [0.3, 0.4) is 0 Å². The van der Waals surface area contributed by atoms with Gasteiger partial charge in [-0.1, -0.05) is 46.4 Å². The van der Waals surface area contributed by atoms with Crippen molar-refractivity contribution in [3.63, 3.8) is 0 Å². The van der Waals surface area contributed by atoms with E-state index in [0.717, 1.165) is 118 Å². The third-order valence-electron chi connectivity index (χ3n) is 7.78. The average Bonchev–Trinajstić information content (AvgIpc) is 3.55. The van der Waals surface area contributed by atoms with Crippen LogP contribution in [0.2, 0.25) is 0 Å². The van der Waals surface area contributed by atoms with Crippen LogP contribution < -0.4 is 0 Å². The summed E-state index contributed by atoms with van der Waals surface area (Å²) in [7, 11) is 0. The molecule has 0 rings (SSSR count). The Morgan fingerprint density at radius 3 is 0.807 bits per heavy atom. The summed E-state index contributed by atoms with van der Waals surface area (Å²) >= 11 is 30.4. The van der Waals surface area contributed by atoms with Crippen molar-refractivity contribution >= 4 is 183 Å². The maximum absolute atomic E-state index is 11.3. The van der Waals surface area contributed by atoms with Gasteiger partial charge in [0.15, 0.2) is 0 Å². The first-order valence-electron chi connectivity index (χ1n) is 25.0. The van der Waals surface area contributed by atoms with E-state index in [9.17, 15) is 47.9 Å². The number of ether oxygens (including phenoxy) is 10. The molecule has 20 nitrogen and oxygen atoms in total. The molecular formula is C53H86O20S10. The normalized spacial score (nSPS) is 9.59. The van der Waals surface area contributed by atoms with E-state index in [4.69, 9.17) is 37.9 Å². The van der Waals surface area contributed by atoms with Gasteiger partial charge in [0.2, 0.25) is 0 Å². The summed E-state index contributed by atoms with van der Waals surface area (Å²) in [6.07, 6.45) is 10.2. The second-order valence-corrected chi connectivity index (χ2v) is 21.9. The van der Waals surface area contributed by atoms with E-state index in [0.29, 0.717) is 25.7 Å². The molecule has 478 valence electrons. The van der Waals surface area contributed by atoms with E-state index in [1.807, 2.05) is 6.92 Å². The van der Waals surface area contributed by atoms with Gasteiger partial charge in [0.25, 0.3) is 0 Å². The molecule has 0 aliphatic rings. The van der Waals surface area contributed by atoms with Crippen molar-refractivity contribution in [2.45, 2.75) is 39.0 Å². The van der Waals surface area contributed by atoms with Gasteiger partial charge in [-0.15, -0.1) is 0 Å². The Morgan fingerprint density at radius 1 is 0.337 bits per heavy atom. The summed E-state index contributed by atoms with van der Waals surface area (Å²) in [6, 6.07) is 0. The van der Waals surface area contributed by atoms with Crippen molar-refractivity contribution in [2.24, 2.45) is 5.41 Å². The van der Waals surface area contributed by atoms with Crippen LogP contribution in [0.1, 0.15) is 39.0 Å². The summed E-state index contributed by atoms with van der Waals surface area (Å²) in [5, 5.41) is 0. The van der Waals surface area contributed by atoms with E-state index >= 15 is 0 Å². The monoisotopic (exact) mass is 1360 g/mol. The van der Waals surface area contributed by atoms with Crippen molar-refractivity contribution in [1.29, 1.82) is 0 Å². The molecule has 0 aromatic heterocycles. The van der Waals surface area contributed by atoms with Crippen LogP contribution in [0, 0.1) is 5.41 Å². The molecule has 0 atom stereocenters. The highest BCUT2D eigenvalue weighted by Gasteiger charge is 2.37. The Bertz CT molecular complexity index is 1650. The maximum Gasteiger partial charge on any atom is 0.330 e. The molecule has 0 saturated heterocycles. The first-order valence-corrected chi connectivity index (χ1v) is 33.7. The second kappa shape index (κ2) is 72.9. The second-order valence-electron chi connectivity index (χ2n) is 14.5. The van der Waals surface area contributed by atoms with Gasteiger partial charge in [-0.25, -0.2) is 28.8 Å². The van der Waals surface area contributed by atoms with Crippen molar-refractivity contribution < 1.29 is 95.3 Å². The van der Waals surface area contributed by atoms with Crippen LogP contribution in [0.25, 0.3) is 0 Å². The summed E-state index contributed by atoms with van der Waals surface area (Å²) in [5.41, 5.74) is -1.34. The highest BCUT2D eigenvalue weighted by atomic mass is 32.2. The van der Waals surface area contributed by atoms with Crippen molar-refractivity contribution in [2.75, 3.05) is 147 Å². The molecule has 0 saturated carbocycles. The van der Waals surface area contributed by atoms with Gasteiger partial charge in [0.1, 0.15) is 71.5 Å². The summed E-state index contributed by atoms with van der Waals surface area (Å²) in [6.45, 7) is 20.4. The van der Waals surface area contributed by atoms with Crippen LogP contribution in [-0.4, -0.2) is 207 Å². The molecule has 0 aromatic carbocycles. The van der Waals surface area contributed by atoms with Gasteiger partial charge in [-0.3, -0.25) is 19.2 Å². The van der Waals surface area contributed by atoms with Crippen molar-refractivity contribution in [1.82, 2.24) is 0 Å². The molecule has 0 fully saturated rings. The number of thioether (sulfide) groups is 4. The van der Waals surface area contributed by atoms with Gasteiger partial charge in [0, 0.05) is 83.1 Å². The summed E-state index contributed by atoms with van der Waals surface area (Å²) < 4.78 is 48.5. The fraction of sp³-hybridized carbons (Fsp3) is 0.585. The van der Waals surface area contributed by atoms with Crippen molar-refractivity contribution in [3.8, 4) is 0 Å². The first-order chi connectivity index (χ1) is 39.8. The highest BCUT2D eigenvalue weighted by molar-refractivity contribution is 8.02. The molecule has 0 amide bonds. The Balaban J connectivity index is -0.000000233. The average molecular weight is 1360 g/mol. The molecule has 0 spiro atoms. The van der Waals surface area contributed by atoms with Gasteiger partial charge in [0.05, 0.1) is 19.3 Å². The number of hydrogen-bond donors (Lipinski definition) is 6. The molecule has 0 N–H and O–H groups in total. The molecule has 0 heterocycles. The maximum atomic E-state index is 11.3. The summed E-state index contributed by atoms with van der Waals surface area (Å²) in [5.74, 6) is 6.33. The minimum absolute atomic E-state index is 0.0322. The number of thiol groups is 6. The number of carbonyl (C=O) groups is 10. The molecule has 30 heteroatoms. The minimum Gasteiger partial charge on any atom is -0.462 e. The summed E-state index contributed by atoms with van der Waals surface area (Å²) in [4.78, 5) is 111. The molecule has 0 aliphatic heterocycles. The molecule has 83 heavy (non-hydrogen) atoms. The smallest absolute Gasteiger partial charge is 0.330 e. The lowest BCUT2D eigenvalue weighted by atomic mass is 9.92. The molecular weight excluding hydrogens is 1280 g/mol. The van der Waals surface area contributed by atoms with Crippen molar-refractivity contribution in [3.05, 3.63) is 75.9 Å². The molecule has 0 aromatic rings. The topological polar surface area (TPSA) is 263 Å². The lowest BCUT2D eigenvalue weighted by molar-refractivity contribution is -0.164. The standard InChI is InChI=1S/C17H20O8.C12H22O4S4.C12H22O4S2.C8H10O4.2C2H6S2/c1-5-13(18)22-9-17(10-23-14(19)6-2,11-24-15(20)7-3)12-25-16(21)8-4;13-11(1-7-19-9-5-17)15-3-4-16-12(14)2-8-20-10-6-18;1-3-4-11(13)15-6-7-16-12(14)5-8-18-10-9-17-2;1-3-7(9)11-5-6-12-8(10)4-2;2*3-1-2-4/h5-8H,1-4,9-12H2;17-18H,1-10H2;3-10H2,1-2H3;3-4H,1-2,5-6H2;2*3-4H,1-2H2. The largest absolute Gasteiger partial charge is 0.462 e. The third kappa shape index (κ3) is 76.6. The number of hydrogen-bond acceptors (Lipinski definition) is 30. The van der Waals surface area contributed by atoms with E-state index < -0.39 is 41.2 Å². The fourth-order valence-corrected chi connectivity index (χ4v) is 7.66. The van der Waals surface area contributed by atoms with E-state index in [-0.39, 0.29) is 89.9 Å². The Labute approximate surface area is 541 Å². The van der Waals surface area contributed by atoms with Gasteiger partial charge in [-0.2, -0.15) is 123 Å². The SMILES string of the molecule is C=CC(=O)OCC(COC(=O)C=C)(COC(=O)C=C)COC(=O)C=C.C=CC(=O)OCCOC(=O)C=C.CCCC(=O)OCCOC(=O)CCSCCSC.O=C(CCSCCS)OCCOC(=O)CCSCCS.SCCS.SCCS. The predicted molar refractivity (Wildman–Crippen MR) is 355 cm³/mol.